The Morgan fingerprint density at radius 3 is 2.78 bits per heavy atom. The minimum Gasteiger partial charge on any atom is -0.466 e. The number of halogens is 1. The molecule has 18 heavy (non-hydrogen) atoms. The van der Waals surface area contributed by atoms with Crippen molar-refractivity contribution in [1.82, 2.24) is 5.32 Å². The van der Waals surface area contributed by atoms with Crippen LogP contribution in [0.4, 0.5) is 0 Å². The number of rotatable bonds is 3. The number of hydrogen-bond donors (Lipinski definition) is 1. The third kappa shape index (κ3) is 3.47. The lowest BCUT2D eigenvalue weighted by Crippen LogP contribution is -2.39. The van der Waals surface area contributed by atoms with Crippen LogP contribution in [0.3, 0.4) is 0 Å². The number of carbonyl (C=O) groups excluding carboxylic acids is 1. The number of esters is 1. The number of hydrogen-bond acceptors (Lipinski definition) is 3. The van der Waals surface area contributed by atoms with Crippen LogP contribution < -0.4 is 5.32 Å². The van der Waals surface area contributed by atoms with Gasteiger partial charge >= 0.3 is 5.97 Å². The molecular formula is C14H20ClNO2. The average molecular weight is 270 g/mol. The van der Waals surface area contributed by atoms with E-state index < -0.39 is 0 Å². The molecule has 3 nitrogen and oxygen atoms in total. The molecule has 1 N–H and O–H groups in total. The summed E-state index contributed by atoms with van der Waals surface area (Å²) >= 11 is 0. The van der Waals surface area contributed by atoms with Crippen LogP contribution in [0.25, 0.3) is 0 Å². The summed E-state index contributed by atoms with van der Waals surface area (Å²) in [6.45, 7) is 4.07. The number of carbonyl (C=O) groups is 1. The predicted molar refractivity (Wildman–Crippen MR) is 74.0 cm³/mol. The molecule has 1 aliphatic rings. The van der Waals surface area contributed by atoms with Crippen molar-refractivity contribution in [3.63, 3.8) is 0 Å². The highest BCUT2D eigenvalue weighted by Crippen LogP contribution is 2.30. The standard InChI is InChI=1S/C14H19NO2.ClH/c1-2-17-14(16)12-8-9-15-10-13(12)11-6-4-3-5-7-11;/h3-7,12-13,15H,2,8-10H2,1H3;1H. The molecular weight excluding hydrogens is 250 g/mol. The molecule has 1 saturated heterocycles. The Labute approximate surface area is 114 Å². The van der Waals surface area contributed by atoms with Crippen molar-refractivity contribution in [2.24, 2.45) is 5.92 Å². The molecule has 0 aromatic heterocycles. The fourth-order valence-corrected chi connectivity index (χ4v) is 2.44. The first kappa shape index (κ1) is 15.0. The van der Waals surface area contributed by atoms with Gasteiger partial charge in [-0.1, -0.05) is 30.3 Å². The summed E-state index contributed by atoms with van der Waals surface area (Å²) in [6.07, 6.45) is 0.860. The Morgan fingerprint density at radius 1 is 1.39 bits per heavy atom. The van der Waals surface area contributed by atoms with E-state index in [0.717, 1.165) is 19.5 Å². The summed E-state index contributed by atoms with van der Waals surface area (Å²) in [5, 5.41) is 3.35. The number of nitrogens with one attached hydrogen (secondary N) is 1. The zero-order valence-corrected chi connectivity index (χ0v) is 11.4. The number of piperidine rings is 1. The van der Waals surface area contributed by atoms with E-state index in [1.807, 2.05) is 25.1 Å². The average Bonchev–Trinajstić information content (AvgIpc) is 2.40. The molecule has 2 rings (SSSR count). The zero-order chi connectivity index (χ0) is 12.1. The van der Waals surface area contributed by atoms with Gasteiger partial charge in [-0.15, -0.1) is 12.4 Å². The van der Waals surface area contributed by atoms with Gasteiger partial charge in [0.05, 0.1) is 12.5 Å². The van der Waals surface area contributed by atoms with Gasteiger partial charge in [-0.25, -0.2) is 0 Å². The van der Waals surface area contributed by atoms with Crippen LogP contribution >= 0.6 is 12.4 Å². The molecule has 1 heterocycles. The van der Waals surface area contributed by atoms with Crippen molar-refractivity contribution in [2.45, 2.75) is 19.3 Å². The minimum atomic E-state index is -0.0529. The molecule has 2 atom stereocenters. The van der Waals surface area contributed by atoms with Crippen molar-refractivity contribution in [1.29, 1.82) is 0 Å². The van der Waals surface area contributed by atoms with Crippen molar-refractivity contribution in [3.8, 4) is 0 Å². The summed E-state index contributed by atoms with van der Waals surface area (Å²) in [4.78, 5) is 11.9. The minimum absolute atomic E-state index is 0. The Morgan fingerprint density at radius 2 is 2.11 bits per heavy atom. The highest BCUT2D eigenvalue weighted by atomic mass is 35.5. The summed E-state index contributed by atoms with van der Waals surface area (Å²) in [7, 11) is 0. The maximum Gasteiger partial charge on any atom is 0.309 e. The molecule has 1 fully saturated rings. The van der Waals surface area contributed by atoms with Crippen LogP contribution in [0.5, 0.6) is 0 Å². The Balaban J connectivity index is 0.00000162. The first-order valence-corrected chi connectivity index (χ1v) is 6.25. The molecule has 2 unspecified atom stereocenters. The van der Waals surface area contributed by atoms with E-state index in [2.05, 4.69) is 17.4 Å². The smallest absolute Gasteiger partial charge is 0.309 e. The van der Waals surface area contributed by atoms with E-state index in [9.17, 15) is 4.79 Å². The molecule has 0 radical (unpaired) electrons. The van der Waals surface area contributed by atoms with Crippen LogP contribution in [0.2, 0.25) is 0 Å². The Bertz CT molecular complexity index is 369. The molecule has 0 aliphatic carbocycles. The molecule has 0 amide bonds. The number of benzene rings is 1. The van der Waals surface area contributed by atoms with E-state index in [1.165, 1.54) is 5.56 Å². The highest BCUT2D eigenvalue weighted by Gasteiger charge is 2.32. The van der Waals surface area contributed by atoms with Gasteiger partial charge in [-0.2, -0.15) is 0 Å². The third-order valence-electron chi connectivity index (χ3n) is 3.30. The lowest BCUT2D eigenvalue weighted by molar-refractivity contribution is -0.149. The summed E-state index contributed by atoms with van der Waals surface area (Å²) in [6, 6.07) is 10.2. The van der Waals surface area contributed by atoms with Gasteiger partial charge in [0.2, 0.25) is 0 Å². The van der Waals surface area contributed by atoms with Crippen molar-refractivity contribution < 1.29 is 9.53 Å². The molecule has 0 spiro atoms. The van der Waals surface area contributed by atoms with Gasteiger partial charge < -0.3 is 10.1 Å². The van der Waals surface area contributed by atoms with Gasteiger partial charge in [0.25, 0.3) is 0 Å². The van der Waals surface area contributed by atoms with Crippen molar-refractivity contribution >= 4 is 18.4 Å². The quantitative estimate of drug-likeness (QED) is 0.856. The number of ether oxygens (including phenoxy) is 1. The fraction of sp³-hybridized carbons (Fsp3) is 0.500. The van der Waals surface area contributed by atoms with Crippen molar-refractivity contribution in [2.75, 3.05) is 19.7 Å². The van der Waals surface area contributed by atoms with Crippen molar-refractivity contribution in [3.05, 3.63) is 35.9 Å². The normalized spacial score (nSPS) is 22.9. The topological polar surface area (TPSA) is 38.3 Å². The predicted octanol–water partition coefficient (Wildman–Crippen LogP) is 2.36. The highest BCUT2D eigenvalue weighted by molar-refractivity contribution is 5.85. The van der Waals surface area contributed by atoms with Gasteiger partial charge in [-0.05, 0) is 25.5 Å². The lowest BCUT2D eigenvalue weighted by Gasteiger charge is -2.30. The summed E-state index contributed by atoms with van der Waals surface area (Å²) < 4.78 is 5.17. The first-order chi connectivity index (χ1) is 8.33. The second kappa shape index (κ2) is 7.39. The van der Waals surface area contributed by atoms with Crippen LogP contribution in [0.15, 0.2) is 30.3 Å². The monoisotopic (exact) mass is 269 g/mol. The lowest BCUT2D eigenvalue weighted by atomic mass is 9.81. The third-order valence-corrected chi connectivity index (χ3v) is 3.30. The maximum atomic E-state index is 11.9. The fourth-order valence-electron chi connectivity index (χ4n) is 2.44. The van der Waals surface area contributed by atoms with Crippen LogP contribution in [0.1, 0.15) is 24.8 Å². The Kier molecular flexibility index (Phi) is 6.16. The largest absolute Gasteiger partial charge is 0.466 e. The van der Waals surface area contributed by atoms with E-state index in [1.54, 1.807) is 0 Å². The van der Waals surface area contributed by atoms with E-state index in [-0.39, 0.29) is 30.2 Å². The SMILES string of the molecule is CCOC(=O)C1CCNCC1c1ccccc1.Cl. The molecule has 1 aliphatic heterocycles. The second-order valence-electron chi connectivity index (χ2n) is 4.37. The van der Waals surface area contributed by atoms with E-state index >= 15 is 0 Å². The Hall–Kier alpha value is -1.06. The zero-order valence-electron chi connectivity index (χ0n) is 10.6. The van der Waals surface area contributed by atoms with Gasteiger partial charge in [0.15, 0.2) is 0 Å². The van der Waals surface area contributed by atoms with Crippen LogP contribution in [0, 0.1) is 5.92 Å². The molecule has 0 bridgehead atoms. The molecule has 100 valence electrons. The van der Waals surface area contributed by atoms with Gasteiger partial charge in [-0.3, -0.25) is 4.79 Å². The molecule has 1 aromatic rings. The molecule has 1 aromatic carbocycles. The van der Waals surface area contributed by atoms with Gasteiger partial charge in [0.1, 0.15) is 0 Å². The maximum absolute atomic E-state index is 11.9. The van der Waals surface area contributed by atoms with E-state index in [0.29, 0.717) is 6.61 Å². The summed E-state index contributed by atoms with van der Waals surface area (Å²) in [5.74, 6) is 0.186. The second-order valence-corrected chi connectivity index (χ2v) is 4.37. The molecule has 0 saturated carbocycles. The molecule has 4 heteroatoms. The first-order valence-electron chi connectivity index (χ1n) is 6.25. The van der Waals surface area contributed by atoms with E-state index in [4.69, 9.17) is 4.74 Å². The summed E-state index contributed by atoms with van der Waals surface area (Å²) in [5.41, 5.74) is 1.22. The van der Waals surface area contributed by atoms with Crippen LogP contribution in [-0.2, 0) is 9.53 Å². The van der Waals surface area contributed by atoms with Crippen LogP contribution in [-0.4, -0.2) is 25.7 Å². The van der Waals surface area contributed by atoms with Gasteiger partial charge in [0, 0.05) is 12.5 Å².